The molecule has 0 aliphatic carbocycles. The van der Waals surface area contributed by atoms with Crippen LogP contribution >= 0.6 is 23.4 Å². The average Bonchev–Trinajstić information content (AvgIpc) is 2.93. The van der Waals surface area contributed by atoms with Crippen molar-refractivity contribution in [3.63, 3.8) is 0 Å². The highest BCUT2D eigenvalue weighted by atomic mass is 35.5. The zero-order chi connectivity index (χ0) is 20.1. The van der Waals surface area contributed by atoms with E-state index in [2.05, 4.69) is 5.32 Å². The standard InChI is InChI=1S/C20H16ClFN2O3S/c21-14-5-9-16(10-6-14)23-18(25)2-1-11-24-19(26)17(28-20(24)27)12-13-3-7-15(22)8-4-13/h3-10,12H,1-2,11H2,(H,23,25). The summed E-state index contributed by atoms with van der Waals surface area (Å²) in [6.07, 6.45) is 2.07. The van der Waals surface area contributed by atoms with Gasteiger partial charge in [0.25, 0.3) is 11.1 Å². The van der Waals surface area contributed by atoms with Gasteiger partial charge in [-0.15, -0.1) is 0 Å². The van der Waals surface area contributed by atoms with Crippen molar-refractivity contribution in [1.82, 2.24) is 4.90 Å². The van der Waals surface area contributed by atoms with Crippen LogP contribution in [-0.4, -0.2) is 28.5 Å². The van der Waals surface area contributed by atoms with Crippen LogP contribution in [0.25, 0.3) is 6.08 Å². The van der Waals surface area contributed by atoms with E-state index < -0.39 is 5.91 Å². The van der Waals surface area contributed by atoms with Gasteiger partial charge in [-0.1, -0.05) is 23.7 Å². The average molecular weight is 419 g/mol. The first-order valence-electron chi connectivity index (χ1n) is 8.49. The van der Waals surface area contributed by atoms with Gasteiger partial charge in [0, 0.05) is 23.7 Å². The minimum absolute atomic E-state index is 0.152. The fourth-order valence-corrected chi connectivity index (χ4v) is 3.55. The quantitative estimate of drug-likeness (QED) is 0.675. The molecule has 0 aromatic heterocycles. The zero-order valence-corrected chi connectivity index (χ0v) is 16.2. The van der Waals surface area contributed by atoms with Gasteiger partial charge in [0.15, 0.2) is 0 Å². The van der Waals surface area contributed by atoms with Crippen LogP contribution in [-0.2, 0) is 9.59 Å². The molecule has 0 saturated carbocycles. The number of amides is 3. The normalized spacial score (nSPS) is 15.4. The molecule has 2 aromatic rings. The Bertz CT molecular complexity index is 929. The summed E-state index contributed by atoms with van der Waals surface area (Å²) in [7, 11) is 0. The molecule has 5 nitrogen and oxygen atoms in total. The van der Waals surface area contributed by atoms with E-state index in [0.717, 1.165) is 16.7 Å². The van der Waals surface area contributed by atoms with Crippen molar-refractivity contribution < 1.29 is 18.8 Å². The Labute approximate surface area is 170 Å². The van der Waals surface area contributed by atoms with Crippen molar-refractivity contribution in [1.29, 1.82) is 0 Å². The highest BCUT2D eigenvalue weighted by molar-refractivity contribution is 8.18. The van der Waals surface area contributed by atoms with Crippen LogP contribution in [0.4, 0.5) is 14.9 Å². The van der Waals surface area contributed by atoms with Gasteiger partial charge in [-0.2, -0.15) is 0 Å². The summed E-state index contributed by atoms with van der Waals surface area (Å²) in [5.41, 5.74) is 1.26. The van der Waals surface area contributed by atoms with E-state index in [1.54, 1.807) is 30.3 Å². The van der Waals surface area contributed by atoms with Gasteiger partial charge in [0.1, 0.15) is 5.82 Å². The third kappa shape index (κ3) is 5.21. The van der Waals surface area contributed by atoms with Gasteiger partial charge >= 0.3 is 0 Å². The van der Waals surface area contributed by atoms with Crippen LogP contribution in [0.3, 0.4) is 0 Å². The summed E-state index contributed by atoms with van der Waals surface area (Å²) >= 11 is 6.63. The van der Waals surface area contributed by atoms with Crippen molar-refractivity contribution >= 4 is 52.2 Å². The molecule has 0 unspecified atom stereocenters. The first kappa shape index (κ1) is 20.1. The zero-order valence-electron chi connectivity index (χ0n) is 14.7. The molecule has 0 bridgehead atoms. The lowest BCUT2D eigenvalue weighted by Gasteiger charge is -2.12. The summed E-state index contributed by atoms with van der Waals surface area (Å²) < 4.78 is 13.0. The molecule has 144 valence electrons. The fourth-order valence-electron chi connectivity index (χ4n) is 2.56. The fraction of sp³-hybridized carbons (Fsp3) is 0.150. The Hall–Kier alpha value is -2.64. The SMILES string of the molecule is O=C(CCCN1C(=O)SC(=Cc2ccc(F)cc2)C1=O)Nc1ccc(Cl)cc1. The molecule has 3 rings (SSSR count). The number of benzene rings is 2. The summed E-state index contributed by atoms with van der Waals surface area (Å²) in [5.74, 6) is -0.990. The number of rotatable bonds is 6. The van der Waals surface area contributed by atoms with E-state index in [1.165, 1.54) is 24.3 Å². The number of carbonyl (C=O) groups is 3. The van der Waals surface area contributed by atoms with Crippen molar-refractivity contribution in [3.05, 3.63) is 69.8 Å². The Kier molecular flexibility index (Phi) is 6.49. The third-order valence-corrected chi connectivity index (χ3v) is 5.11. The molecule has 0 atom stereocenters. The maximum atomic E-state index is 13.0. The molecule has 3 amide bonds. The molecule has 1 saturated heterocycles. The maximum absolute atomic E-state index is 13.0. The number of hydrogen-bond donors (Lipinski definition) is 1. The number of nitrogens with zero attached hydrogens (tertiary/aromatic N) is 1. The molecule has 2 aromatic carbocycles. The predicted octanol–water partition coefficient (Wildman–Crippen LogP) is 4.93. The molecule has 28 heavy (non-hydrogen) atoms. The van der Waals surface area contributed by atoms with E-state index in [-0.39, 0.29) is 34.8 Å². The van der Waals surface area contributed by atoms with Crippen LogP contribution in [0.15, 0.2) is 53.4 Å². The molecule has 1 N–H and O–H groups in total. The summed E-state index contributed by atoms with van der Waals surface area (Å²) in [4.78, 5) is 37.9. The van der Waals surface area contributed by atoms with Crippen LogP contribution in [0, 0.1) is 5.82 Å². The van der Waals surface area contributed by atoms with Crippen molar-refractivity contribution in [2.24, 2.45) is 0 Å². The van der Waals surface area contributed by atoms with Gasteiger partial charge < -0.3 is 5.32 Å². The molecule has 1 aliphatic heterocycles. The van der Waals surface area contributed by atoms with Gasteiger partial charge in [-0.05, 0) is 66.2 Å². The third-order valence-electron chi connectivity index (χ3n) is 3.95. The van der Waals surface area contributed by atoms with Gasteiger partial charge in [-0.25, -0.2) is 4.39 Å². The first-order valence-corrected chi connectivity index (χ1v) is 9.68. The molecular weight excluding hydrogens is 403 g/mol. The Morgan fingerprint density at radius 1 is 1.11 bits per heavy atom. The number of carbonyl (C=O) groups excluding carboxylic acids is 3. The molecule has 0 spiro atoms. The summed E-state index contributed by atoms with van der Waals surface area (Å²) in [6.45, 7) is 0.152. The first-order chi connectivity index (χ1) is 13.4. The van der Waals surface area contributed by atoms with E-state index in [4.69, 9.17) is 11.6 Å². The van der Waals surface area contributed by atoms with E-state index >= 15 is 0 Å². The smallest absolute Gasteiger partial charge is 0.293 e. The lowest BCUT2D eigenvalue weighted by atomic mass is 10.2. The monoisotopic (exact) mass is 418 g/mol. The Balaban J connectivity index is 1.52. The molecule has 0 radical (unpaired) electrons. The second-order valence-electron chi connectivity index (χ2n) is 6.04. The van der Waals surface area contributed by atoms with E-state index in [1.807, 2.05) is 0 Å². The van der Waals surface area contributed by atoms with Crippen molar-refractivity contribution in [2.75, 3.05) is 11.9 Å². The second-order valence-corrected chi connectivity index (χ2v) is 7.47. The van der Waals surface area contributed by atoms with E-state index in [0.29, 0.717) is 22.7 Å². The highest BCUT2D eigenvalue weighted by Crippen LogP contribution is 2.32. The van der Waals surface area contributed by atoms with Crippen LogP contribution in [0.5, 0.6) is 0 Å². The molecular formula is C20H16ClFN2O3S. The maximum Gasteiger partial charge on any atom is 0.293 e. The number of imide groups is 1. The lowest BCUT2D eigenvalue weighted by molar-refractivity contribution is -0.123. The number of hydrogen-bond acceptors (Lipinski definition) is 4. The number of halogens is 2. The van der Waals surface area contributed by atoms with Crippen LogP contribution in [0.2, 0.25) is 5.02 Å². The van der Waals surface area contributed by atoms with E-state index in [9.17, 15) is 18.8 Å². The largest absolute Gasteiger partial charge is 0.326 e. The summed E-state index contributed by atoms with van der Waals surface area (Å²) in [6, 6.07) is 12.4. The highest BCUT2D eigenvalue weighted by Gasteiger charge is 2.34. The topological polar surface area (TPSA) is 66.5 Å². The van der Waals surface area contributed by atoms with Gasteiger partial charge in [0.2, 0.25) is 5.91 Å². The predicted molar refractivity (Wildman–Crippen MR) is 108 cm³/mol. The molecule has 1 fully saturated rings. The Morgan fingerprint density at radius 3 is 2.46 bits per heavy atom. The Morgan fingerprint density at radius 2 is 1.79 bits per heavy atom. The second kappa shape index (κ2) is 9.03. The van der Waals surface area contributed by atoms with Crippen molar-refractivity contribution in [3.8, 4) is 0 Å². The minimum atomic E-state index is -0.405. The minimum Gasteiger partial charge on any atom is -0.326 e. The number of nitrogens with one attached hydrogen (secondary N) is 1. The molecule has 1 aliphatic rings. The molecule has 8 heteroatoms. The van der Waals surface area contributed by atoms with Gasteiger partial charge in [-0.3, -0.25) is 19.3 Å². The van der Waals surface area contributed by atoms with Crippen LogP contribution in [0.1, 0.15) is 18.4 Å². The number of anilines is 1. The number of thioether (sulfide) groups is 1. The van der Waals surface area contributed by atoms with Crippen LogP contribution < -0.4 is 5.32 Å². The summed E-state index contributed by atoms with van der Waals surface area (Å²) in [5, 5.41) is 2.93. The van der Waals surface area contributed by atoms with Gasteiger partial charge in [0.05, 0.1) is 4.91 Å². The van der Waals surface area contributed by atoms with Crippen molar-refractivity contribution in [2.45, 2.75) is 12.8 Å². The molecule has 1 heterocycles. The lowest BCUT2D eigenvalue weighted by Crippen LogP contribution is -2.29.